The van der Waals surface area contributed by atoms with Gasteiger partial charge in [-0.1, -0.05) is 6.07 Å². The molecular formula is C14H16N2O2S. The Kier molecular flexibility index (Phi) is 4.16. The first-order valence-electron chi connectivity index (χ1n) is 5.80. The maximum absolute atomic E-state index is 7.47. The molecule has 1 aromatic carbocycles. The Bertz CT molecular complexity index is 593. The first-order valence-corrected chi connectivity index (χ1v) is 6.78. The number of aryl methyl sites for hydroxylation is 1. The monoisotopic (exact) mass is 276 g/mol. The number of hydrogen-bond donors (Lipinski definition) is 2. The molecule has 0 aliphatic rings. The van der Waals surface area contributed by atoms with Crippen LogP contribution >= 0.6 is 11.8 Å². The van der Waals surface area contributed by atoms with E-state index in [1.165, 1.54) is 0 Å². The van der Waals surface area contributed by atoms with Crippen molar-refractivity contribution in [3.63, 3.8) is 0 Å². The van der Waals surface area contributed by atoms with Crippen LogP contribution in [0, 0.1) is 12.3 Å². The molecule has 1 aromatic heterocycles. The summed E-state index contributed by atoms with van der Waals surface area (Å²) < 4.78 is 10.5. The van der Waals surface area contributed by atoms with Gasteiger partial charge < -0.3 is 14.9 Å². The van der Waals surface area contributed by atoms with Gasteiger partial charge in [0.1, 0.15) is 17.3 Å². The van der Waals surface area contributed by atoms with Crippen LogP contribution in [0.1, 0.15) is 16.9 Å². The third kappa shape index (κ3) is 3.12. The van der Waals surface area contributed by atoms with E-state index in [1.54, 1.807) is 25.1 Å². The van der Waals surface area contributed by atoms with E-state index in [-0.39, 0.29) is 5.84 Å². The Balaban J connectivity index is 2.13. The lowest BCUT2D eigenvalue weighted by molar-refractivity contribution is 0.413. The number of thioether (sulfide) groups is 1. The maximum Gasteiger partial charge on any atom is 0.130 e. The molecule has 3 N–H and O–H groups in total. The average molecular weight is 276 g/mol. The minimum Gasteiger partial charge on any atom is -0.496 e. The van der Waals surface area contributed by atoms with E-state index in [0.29, 0.717) is 11.3 Å². The van der Waals surface area contributed by atoms with Crippen LogP contribution in [-0.2, 0) is 5.75 Å². The number of amidine groups is 1. The second-order valence-electron chi connectivity index (χ2n) is 4.08. The summed E-state index contributed by atoms with van der Waals surface area (Å²) >= 11 is 1.71. The van der Waals surface area contributed by atoms with Crippen LogP contribution < -0.4 is 10.5 Å². The molecular weight excluding hydrogens is 260 g/mol. The van der Waals surface area contributed by atoms with E-state index in [4.69, 9.17) is 20.3 Å². The van der Waals surface area contributed by atoms with Gasteiger partial charge in [-0.2, -0.15) is 0 Å². The normalized spacial score (nSPS) is 10.4. The summed E-state index contributed by atoms with van der Waals surface area (Å²) in [5.41, 5.74) is 7.24. The molecule has 5 heteroatoms. The highest BCUT2D eigenvalue weighted by Crippen LogP contribution is 2.28. The van der Waals surface area contributed by atoms with Crippen LogP contribution in [0.25, 0.3) is 0 Å². The SMILES string of the molecule is COc1cc(CSc2ccoc2C)ccc1C(=N)N. The van der Waals surface area contributed by atoms with Gasteiger partial charge in [0.05, 0.1) is 18.9 Å². The van der Waals surface area contributed by atoms with E-state index >= 15 is 0 Å². The summed E-state index contributed by atoms with van der Waals surface area (Å²) in [6.45, 7) is 1.95. The zero-order chi connectivity index (χ0) is 13.8. The number of benzene rings is 1. The Morgan fingerprint density at radius 1 is 1.42 bits per heavy atom. The number of furan rings is 1. The molecule has 0 aliphatic carbocycles. The Morgan fingerprint density at radius 3 is 2.79 bits per heavy atom. The Labute approximate surface area is 116 Å². The summed E-state index contributed by atoms with van der Waals surface area (Å²) in [4.78, 5) is 1.13. The number of hydrogen-bond acceptors (Lipinski definition) is 4. The van der Waals surface area contributed by atoms with Crippen molar-refractivity contribution in [3.8, 4) is 5.75 Å². The summed E-state index contributed by atoms with van der Waals surface area (Å²) in [5, 5.41) is 7.47. The lowest BCUT2D eigenvalue weighted by Crippen LogP contribution is -2.12. The second kappa shape index (κ2) is 5.84. The summed E-state index contributed by atoms with van der Waals surface area (Å²) in [7, 11) is 1.58. The third-order valence-electron chi connectivity index (χ3n) is 2.76. The van der Waals surface area contributed by atoms with Crippen LogP contribution in [0.3, 0.4) is 0 Å². The predicted octanol–water partition coefficient (Wildman–Crippen LogP) is 3.17. The van der Waals surface area contributed by atoms with Crippen molar-refractivity contribution < 1.29 is 9.15 Å². The van der Waals surface area contributed by atoms with Crippen molar-refractivity contribution in [3.05, 3.63) is 47.4 Å². The first kappa shape index (κ1) is 13.5. The van der Waals surface area contributed by atoms with Gasteiger partial charge in [-0.15, -0.1) is 11.8 Å². The highest BCUT2D eigenvalue weighted by atomic mass is 32.2. The fourth-order valence-electron chi connectivity index (χ4n) is 1.73. The van der Waals surface area contributed by atoms with Crippen molar-refractivity contribution in [1.29, 1.82) is 5.41 Å². The van der Waals surface area contributed by atoms with Gasteiger partial charge in [-0.05, 0) is 30.7 Å². The molecule has 2 aromatic rings. The maximum atomic E-state index is 7.47. The minimum absolute atomic E-state index is 0.0155. The highest BCUT2D eigenvalue weighted by molar-refractivity contribution is 7.98. The summed E-state index contributed by atoms with van der Waals surface area (Å²) in [6.07, 6.45) is 1.69. The minimum atomic E-state index is 0.0155. The summed E-state index contributed by atoms with van der Waals surface area (Å²) in [5.74, 6) is 2.39. The van der Waals surface area contributed by atoms with E-state index in [9.17, 15) is 0 Å². The van der Waals surface area contributed by atoms with Gasteiger partial charge in [0.25, 0.3) is 0 Å². The molecule has 1 heterocycles. The van der Waals surface area contributed by atoms with Crippen molar-refractivity contribution in [1.82, 2.24) is 0 Å². The number of nitrogens with one attached hydrogen (secondary N) is 1. The van der Waals surface area contributed by atoms with Gasteiger partial charge in [0.15, 0.2) is 0 Å². The van der Waals surface area contributed by atoms with Crippen LogP contribution in [0.2, 0.25) is 0 Å². The smallest absolute Gasteiger partial charge is 0.130 e. The van der Waals surface area contributed by atoms with Gasteiger partial charge in [-0.3, -0.25) is 5.41 Å². The Hall–Kier alpha value is -1.88. The standard InChI is InChI=1S/C14H16N2O2S/c1-9-13(5-6-18-9)19-8-10-3-4-11(14(15)16)12(7-10)17-2/h3-7H,8H2,1-2H3,(H3,15,16). The van der Waals surface area contributed by atoms with Gasteiger partial charge in [0, 0.05) is 10.6 Å². The predicted molar refractivity (Wildman–Crippen MR) is 77.0 cm³/mol. The topological polar surface area (TPSA) is 72.2 Å². The Morgan fingerprint density at radius 2 is 2.21 bits per heavy atom. The van der Waals surface area contributed by atoms with Crippen molar-refractivity contribution in [2.45, 2.75) is 17.6 Å². The van der Waals surface area contributed by atoms with Gasteiger partial charge in [0.2, 0.25) is 0 Å². The molecule has 0 saturated carbocycles. The molecule has 4 nitrogen and oxygen atoms in total. The fourth-order valence-corrected chi connectivity index (χ4v) is 2.64. The van der Waals surface area contributed by atoms with Crippen molar-refractivity contribution >= 4 is 17.6 Å². The first-order chi connectivity index (χ1) is 9.11. The second-order valence-corrected chi connectivity index (χ2v) is 5.10. The molecule has 2 rings (SSSR count). The van der Waals surface area contributed by atoms with Crippen LogP contribution in [-0.4, -0.2) is 12.9 Å². The molecule has 0 amide bonds. The van der Waals surface area contributed by atoms with Crippen molar-refractivity contribution in [2.75, 3.05) is 7.11 Å². The highest BCUT2D eigenvalue weighted by Gasteiger charge is 2.08. The third-order valence-corrected chi connectivity index (χ3v) is 3.97. The molecule has 0 spiro atoms. The molecule has 19 heavy (non-hydrogen) atoms. The number of methoxy groups -OCH3 is 1. The largest absolute Gasteiger partial charge is 0.496 e. The van der Waals surface area contributed by atoms with E-state index in [1.807, 2.05) is 31.2 Å². The van der Waals surface area contributed by atoms with E-state index in [0.717, 1.165) is 22.0 Å². The number of ether oxygens (including phenoxy) is 1. The average Bonchev–Trinajstić information content (AvgIpc) is 2.81. The molecule has 0 radical (unpaired) electrons. The van der Waals surface area contributed by atoms with Crippen LogP contribution in [0.5, 0.6) is 5.75 Å². The zero-order valence-corrected chi connectivity index (χ0v) is 11.7. The number of rotatable bonds is 5. The van der Waals surface area contributed by atoms with Crippen molar-refractivity contribution in [2.24, 2.45) is 5.73 Å². The van der Waals surface area contributed by atoms with Crippen LogP contribution in [0.15, 0.2) is 39.8 Å². The number of nitrogens with two attached hydrogens (primary N) is 1. The lowest BCUT2D eigenvalue weighted by Gasteiger charge is -2.09. The lowest BCUT2D eigenvalue weighted by atomic mass is 10.1. The molecule has 0 unspecified atom stereocenters. The van der Waals surface area contributed by atoms with E-state index in [2.05, 4.69) is 0 Å². The summed E-state index contributed by atoms with van der Waals surface area (Å²) in [6, 6.07) is 7.65. The van der Waals surface area contributed by atoms with Crippen LogP contribution in [0.4, 0.5) is 0 Å². The number of nitrogen functional groups attached to an aromatic ring is 1. The fraction of sp³-hybridized carbons (Fsp3) is 0.214. The molecule has 0 fully saturated rings. The molecule has 0 atom stereocenters. The van der Waals surface area contributed by atoms with Gasteiger partial charge in [-0.25, -0.2) is 0 Å². The quantitative estimate of drug-likeness (QED) is 0.500. The molecule has 100 valence electrons. The molecule has 0 bridgehead atoms. The zero-order valence-electron chi connectivity index (χ0n) is 10.9. The van der Waals surface area contributed by atoms with E-state index < -0.39 is 0 Å². The van der Waals surface area contributed by atoms with Gasteiger partial charge >= 0.3 is 0 Å². The molecule has 0 aliphatic heterocycles. The molecule has 0 saturated heterocycles.